The van der Waals surface area contributed by atoms with E-state index in [0.717, 1.165) is 35.4 Å². The van der Waals surface area contributed by atoms with Gasteiger partial charge in [-0.1, -0.05) is 0 Å². The van der Waals surface area contributed by atoms with Crippen LogP contribution in [0.5, 0.6) is 0 Å². The van der Waals surface area contributed by atoms with E-state index in [9.17, 15) is 0 Å². The van der Waals surface area contributed by atoms with Gasteiger partial charge in [0.05, 0.1) is 35.2 Å². The van der Waals surface area contributed by atoms with Crippen molar-refractivity contribution in [3.8, 4) is 5.69 Å². The number of rotatable bonds is 3. The van der Waals surface area contributed by atoms with Crippen LogP contribution in [-0.4, -0.2) is 50.6 Å². The topological polar surface area (TPSA) is 69.8 Å². The number of likely N-dealkylation sites (N-methyl/N-ethyl adjacent to an activating group) is 1. The Bertz CT molecular complexity index is 873. The van der Waals surface area contributed by atoms with Gasteiger partial charge < -0.3 is 14.6 Å². The van der Waals surface area contributed by atoms with E-state index in [0.29, 0.717) is 12.6 Å². The zero-order chi connectivity index (χ0) is 16.7. The van der Waals surface area contributed by atoms with Gasteiger partial charge >= 0.3 is 0 Å². The Labute approximate surface area is 144 Å². The number of hydrogen-bond acceptors (Lipinski definition) is 5. The smallest absolute Gasteiger partial charge is 0.223 e. The predicted octanol–water partition coefficient (Wildman–Crippen LogP) is 1.90. The van der Waals surface area contributed by atoms with Gasteiger partial charge in [0, 0.05) is 38.0 Å². The fourth-order valence-electron chi connectivity index (χ4n) is 3.40. The molecule has 3 aromatic heterocycles. The molecule has 3 aromatic rings. The predicted molar refractivity (Wildman–Crippen MR) is 91.7 cm³/mol. The SMILES string of the molecule is CNC1CCOCC1c1nc(Cl)nc2ccn(-c3cnn(C)c3)c12. The van der Waals surface area contributed by atoms with Crippen LogP contribution in [-0.2, 0) is 11.8 Å². The van der Waals surface area contributed by atoms with Crippen molar-refractivity contribution in [3.63, 3.8) is 0 Å². The Kier molecular flexibility index (Phi) is 3.99. The van der Waals surface area contributed by atoms with Gasteiger partial charge in [0.2, 0.25) is 5.28 Å². The maximum atomic E-state index is 6.18. The molecule has 0 bridgehead atoms. The molecule has 2 unspecified atom stereocenters. The maximum Gasteiger partial charge on any atom is 0.223 e. The molecule has 0 aliphatic carbocycles. The van der Waals surface area contributed by atoms with Gasteiger partial charge in [-0.15, -0.1) is 0 Å². The molecule has 2 atom stereocenters. The minimum Gasteiger partial charge on any atom is -0.381 e. The molecule has 0 amide bonds. The van der Waals surface area contributed by atoms with Crippen molar-refractivity contribution in [2.75, 3.05) is 20.3 Å². The van der Waals surface area contributed by atoms with Crippen molar-refractivity contribution in [1.82, 2.24) is 29.6 Å². The minimum atomic E-state index is 0.122. The van der Waals surface area contributed by atoms with Crippen LogP contribution in [0.2, 0.25) is 5.28 Å². The van der Waals surface area contributed by atoms with Crippen LogP contribution in [0.15, 0.2) is 24.7 Å². The summed E-state index contributed by atoms with van der Waals surface area (Å²) in [5.74, 6) is 0.122. The number of halogens is 1. The third-order valence-corrected chi connectivity index (χ3v) is 4.75. The van der Waals surface area contributed by atoms with Crippen molar-refractivity contribution in [2.45, 2.75) is 18.4 Å². The second kappa shape index (κ2) is 6.16. The highest BCUT2D eigenvalue weighted by Gasteiger charge is 2.30. The third kappa shape index (κ3) is 2.58. The van der Waals surface area contributed by atoms with Gasteiger partial charge in [0.1, 0.15) is 0 Å². The maximum absolute atomic E-state index is 6.18. The van der Waals surface area contributed by atoms with E-state index in [1.54, 1.807) is 4.68 Å². The van der Waals surface area contributed by atoms with Crippen LogP contribution in [0.1, 0.15) is 18.0 Å². The average Bonchev–Trinajstić information content (AvgIpc) is 3.20. The molecule has 7 nitrogen and oxygen atoms in total. The van der Waals surface area contributed by atoms with Crippen molar-refractivity contribution in [3.05, 3.63) is 35.6 Å². The Hall–Kier alpha value is -1.96. The molecule has 0 radical (unpaired) electrons. The van der Waals surface area contributed by atoms with E-state index in [-0.39, 0.29) is 11.2 Å². The lowest BCUT2D eigenvalue weighted by molar-refractivity contribution is 0.0610. The molecule has 1 aliphatic heterocycles. The van der Waals surface area contributed by atoms with E-state index in [4.69, 9.17) is 16.3 Å². The summed E-state index contributed by atoms with van der Waals surface area (Å²) in [4.78, 5) is 8.95. The fraction of sp³-hybridized carbons (Fsp3) is 0.438. The summed E-state index contributed by atoms with van der Waals surface area (Å²) in [7, 11) is 3.87. The number of ether oxygens (including phenoxy) is 1. The summed E-state index contributed by atoms with van der Waals surface area (Å²) in [5.41, 5.74) is 3.67. The molecule has 0 spiro atoms. The van der Waals surface area contributed by atoms with Crippen molar-refractivity contribution >= 4 is 22.6 Å². The van der Waals surface area contributed by atoms with Crippen LogP contribution in [0.3, 0.4) is 0 Å². The molecule has 126 valence electrons. The van der Waals surface area contributed by atoms with Crippen LogP contribution in [0.4, 0.5) is 0 Å². The number of aromatic nitrogens is 5. The van der Waals surface area contributed by atoms with Crippen molar-refractivity contribution < 1.29 is 4.74 Å². The fourth-order valence-corrected chi connectivity index (χ4v) is 3.59. The molecule has 1 fully saturated rings. The number of nitrogens with one attached hydrogen (secondary N) is 1. The lowest BCUT2D eigenvalue weighted by atomic mass is 9.91. The van der Waals surface area contributed by atoms with Crippen LogP contribution in [0.25, 0.3) is 16.7 Å². The number of fused-ring (bicyclic) bond motifs is 1. The van der Waals surface area contributed by atoms with Crippen LogP contribution >= 0.6 is 11.6 Å². The molecule has 4 heterocycles. The normalized spacial score (nSPS) is 21.5. The third-order valence-electron chi connectivity index (χ3n) is 4.58. The Balaban J connectivity index is 1.91. The number of hydrogen-bond donors (Lipinski definition) is 1. The number of nitrogens with zero attached hydrogens (tertiary/aromatic N) is 5. The second-order valence-electron chi connectivity index (χ2n) is 6.03. The van der Waals surface area contributed by atoms with Crippen molar-refractivity contribution in [1.29, 1.82) is 0 Å². The Morgan fingerprint density at radius 1 is 1.38 bits per heavy atom. The minimum absolute atomic E-state index is 0.122. The molecule has 8 heteroatoms. The molecular formula is C16H19ClN6O. The standard InChI is InChI=1S/C16H19ClN6O/c1-18-12-4-6-24-9-11(12)14-15-13(20-16(17)21-14)3-5-23(15)10-7-19-22(2)8-10/h3,5,7-8,11-12,18H,4,6,9H2,1-2H3. The lowest BCUT2D eigenvalue weighted by Gasteiger charge is -2.31. The Morgan fingerprint density at radius 3 is 3.00 bits per heavy atom. The van der Waals surface area contributed by atoms with E-state index in [1.807, 2.05) is 38.8 Å². The number of aryl methyl sites for hydroxylation is 1. The highest BCUT2D eigenvalue weighted by Crippen LogP contribution is 2.32. The average molecular weight is 347 g/mol. The molecular weight excluding hydrogens is 328 g/mol. The molecule has 24 heavy (non-hydrogen) atoms. The molecule has 1 saturated heterocycles. The zero-order valence-corrected chi connectivity index (χ0v) is 14.4. The summed E-state index contributed by atoms with van der Waals surface area (Å²) < 4.78 is 9.55. The van der Waals surface area contributed by atoms with E-state index >= 15 is 0 Å². The molecule has 1 N–H and O–H groups in total. The van der Waals surface area contributed by atoms with Crippen LogP contribution < -0.4 is 5.32 Å². The molecule has 0 saturated carbocycles. The lowest BCUT2D eigenvalue weighted by Crippen LogP contribution is -2.40. The van der Waals surface area contributed by atoms with E-state index < -0.39 is 0 Å². The van der Waals surface area contributed by atoms with E-state index in [2.05, 4.69) is 25.0 Å². The molecule has 0 aromatic carbocycles. The van der Waals surface area contributed by atoms with Gasteiger partial charge in [0.15, 0.2) is 0 Å². The first-order valence-electron chi connectivity index (χ1n) is 7.96. The summed E-state index contributed by atoms with van der Waals surface area (Å²) >= 11 is 6.18. The van der Waals surface area contributed by atoms with Gasteiger partial charge in [-0.05, 0) is 31.1 Å². The second-order valence-corrected chi connectivity index (χ2v) is 6.37. The quantitative estimate of drug-likeness (QED) is 0.733. The summed E-state index contributed by atoms with van der Waals surface area (Å²) in [5, 5.41) is 7.91. The molecule has 1 aliphatic rings. The van der Waals surface area contributed by atoms with E-state index in [1.165, 1.54) is 0 Å². The summed E-state index contributed by atoms with van der Waals surface area (Å²) in [6.07, 6.45) is 6.71. The highest BCUT2D eigenvalue weighted by atomic mass is 35.5. The first kappa shape index (κ1) is 15.6. The Morgan fingerprint density at radius 2 is 2.25 bits per heavy atom. The highest BCUT2D eigenvalue weighted by molar-refractivity contribution is 6.28. The van der Waals surface area contributed by atoms with Gasteiger partial charge in [-0.2, -0.15) is 5.10 Å². The van der Waals surface area contributed by atoms with Gasteiger partial charge in [-0.3, -0.25) is 4.68 Å². The van der Waals surface area contributed by atoms with Gasteiger partial charge in [0.25, 0.3) is 0 Å². The molecule has 4 rings (SSSR count). The summed E-state index contributed by atoms with van der Waals surface area (Å²) in [6, 6.07) is 2.25. The van der Waals surface area contributed by atoms with Crippen molar-refractivity contribution in [2.24, 2.45) is 7.05 Å². The first-order valence-corrected chi connectivity index (χ1v) is 8.33. The largest absolute Gasteiger partial charge is 0.381 e. The van der Waals surface area contributed by atoms with Crippen LogP contribution in [0, 0.1) is 0 Å². The zero-order valence-electron chi connectivity index (χ0n) is 13.6. The first-order chi connectivity index (χ1) is 11.7. The van der Waals surface area contributed by atoms with Gasteiger partial charge in [-0.25, -0.2) is 9.97 Å². The monoisotopic (exact) mass is 346 g/mol. The summed E-state index contributed by atoms with van der Waals surface area (Å²) in [6.45, 7) is 1.37.